The lowest BCUT2D eigenvalue weighted by atomic mass is 9.89. The summed E-state index contributed by atoms with van der Waals surface area (Å²) in [6.07, 6.45) is 2.15. The smallest absolute Gasteiger partial charge is 0.257 e. The molecule has 0 spiro atoms. The number of ether oxygens (including phenoxy) is 1. The maximum absolute atomic E-state index is 12.7. The van der Waals surface area contributed by atoms with Gasteiger partial charge in [-0.15, -0.1) is 0 Å². The second-order valence-electron chi connectivity index (χ2n) is 7.33. The molecule has 140 valence electrons. The van der Waals surface area contributed by atoms with Gasteiger partial charge in [-0.1, -0.05) is 23.8 Å². The lowest BCUT2D eigenvalue weighted by molar-refractivity contribution is 0.0977. The number of nitrogens with one attached hydrogen (secondary N) is 1. The average molecular weight is 381 g/mol. The molecule has 2 aromatic rings. The van der Waals surface area contributed by atoms with Crippen LogP contribution in [-0.2, 0) is 0 Å². The van der Waals surface area contributed by atoms with Crippen molar-refractivity contribution in [2.45, 2.75) is 33.2 Å². The summed E-state index contributed by atoms with van der Waals surface area (Å²) in [7, 11) is 1.65. The summed E-state index contributed by atoms with van der Waals surface area (Å²) in [5, 5.41) is 3.27. The third-order valence-corrected chi connectivity index (χ3v) is 5.00. The van der Waals surface area contributed by atoms with Crippen molar-refractivity contribution in [2.75, 3.05) is 12.0 Å². The molecule has 0 radical (unpaired) electrons. The number of benzene rings is 2. The van der Waals surface area contributed by atoms with Crippen molar-refractivity contribution < 1.29 is 9.53 Å². The number of nitrogens with zero attached hydrogens (tertiary/aromatic N) is 1. The van der Waals surface area contributed by atoms with Crippen LogP contribution in [0.5, 0.6) is 5.75 Å². The molecule has 4 nitrogen and oxygen atoms in total. The molecule has 1 aliphatic rings. The first-order valence-electron chi connectivity index (χ1n) is 8.83. The van der Waals surface area contributed by atoms with Crippen molar-refractivity contribution in [3.8, 4) is 5.75 Å². The quantitative estimate of drug-likeness (QED) is 0.766. The van der Waals surface area contributed by atoms with Crippen molar-refractivity contribution in [1.82, 2.24) is 5.32 Å². The highest BCUT2D eigenvalue weighted by molar-refractivity contribution is 7.80. The van der Waals surface area contributed by atoms with E-state index in [2.05, 4.69) is 32.2 Å². The highest BCUT2D eigenvalue weighted by Crippen LogP contribution is 2.40. The van der Waals surface area contributed by atoms with E-state index in [0.717, 1.165) is 28.1 Å². The minimum Gasteiger partial charge on any atom is -0.497 e. The van der Waals surface area contributed by atoms with Gasteiger partial charge in [0.2, 0.25) is 0 Å². The Morgan fingerprint density at radius 2 is 1.89 bits per heavy atom. The Kier molecular flexibility index (Phi) is 5.07. The van der Waals surface area contributed by atoms with Gasteiger partial charge in [-0.05, 0) is 75.8 Å². The van der Waals surface area contributed by atoms with Gasteiger partial charge in [0, 0.05) is 11.1 Å². The molecule has 1 amide bonds. The van der Waals surface area contributed by atoms with E-state index in [4.69, 9.17) is 17.0 Å². The zero-order valence-corrected chi connectivity index (χ0v) is 17.1. The molecular weight excluding hydrogens is 356 g/mol. The SMILES string of the molecule is COc1ccc2c(c1)C(C)=CC(C)(C)N2C(=S)NC(=O)c1cccc(C)c1. The largest absolute Gasteiger partial charge is 0.497 e. The number of amides is 1. The molecule has 0 saturated carbocycles. The molecule has 2 aromatic carbocycles. The maximum atomic E-state index is 12.7. The number of rotatable bonds is 2. The highest BCUT2D eigenvalue weighted by Gasteiger charge is 2.34. The Morgan fingerprint density at radius 3 is 2.56 bits per heavy atom. The van der Waals surface area contributed by atoms with Crippen LogP contribution in [0.25, 0.3) is 5.57 Å². The molecule has 0 bridgehead atoms. The van der Waals surface area contributed by atoms with Gasteiger partial charge in [-0.2, -0.15) is 0 Å². The molecule has 0 aliphatic carbocycles. The van der Waals surface area contributed by atoms with Crippen LogP contribution in [0, 0.1) is 6.92 Å². The number of hydrogen-bond donors (Lipinski definition) is 1. The number of carbonyl (C=O) groups is 1. The third-order valence-electron chi connectivity index (χ3n) is 4.72. The first-order valence-corrected chi connectivity index (χ1v) is 9.24. The van der Waals surface area contributed by atoms with Gasteiger partial charge in [0.05, 0.1) is 18.3 Å². The summed E-state index contributed by atoms with van der Waals surface area (Å²) in [4.78, 5) is 14.7. The van der Waals surface area contributed by atoms with Crippen LogP contribution in [0.4, 0.5) is 5.69 Å². The molecule has 3 rings (SSSR count). The number of thiocarbonyl (C=S) groups is 1. The number of fused-ring (bicyclic) bond motifs is 1. The third kappa shape index (κ3) is 3.74. The number of aryl methyl sites for hydroxylation is 1. The van der Waals surface area contributed by atoms with Crippen molar-refractivity contribution in [2.24, 2.45) is 0 Å². The van der Waals surface area contributed by atoms with E-state index >= 15 is 0 Å². The van der Waals surface area contributed by atoms with E-state index in [1.807, 2.05) is 48.2 Å². The van der Waals surface area contributed by atoms with E-state index in [-0.39, 0.29) is 11.4 Å². The molecule has 1 N–H and O–H groups in total. The van der Waals surface area contributed by atoms with Crippen LogP contribution >= 0.6 is 12.2 Å². The molecule has 27 heavy (non-hydrogen) atoms. The molecule has 1 aliphatic heterocycles. The lowest BCUT2D eigenvalue weighted by Crippen LogP contribution is -2.54. The summed E-state index contributed by atoms with van der Waals surface area (Å²) >= 11 is 5.64. The Hall–Kier alpha value is -2.66. The first-order chi connectivity index (χ1) is 12.7. The van der Waals surface area contributed by atoms with Gasteiger partial charge in [0.25, 0.3) is 5.91 Å². The summed E-state index contributed by atoms with van der Waals surface area (Å²) in [6, 6.07) is 13.3. The number of methoxy groups -OCH3 is 1. The molecule has 0 aromatic heterocycles. The molecule has 0 atom stereocenters. The molecule has 5 heteroatoms. The Labute approximate surface area is 165 Å². The van der Waals surface area contributed by atoms with Crippen molar-refractivity contribution in [3.05, 3.63) is 65.2 Å². The Balaban J connectivity index is 1.95. The maximum Gasteiger partial charge on any atom is 0.257 e. The topological polar surface area (TPSA) is 41.6 Å². The van der Waals surface area contributed by atoms with E-state index in [9.17, 15) is 4.79 Å². The van der Waals surface area contributed by atoms with Crippen LogP contribution in [0.1, 0.15) is 42.3 Å². The van der Waals surface area contributed by atoms with Gasteiger partial charge in [-0.3, -0.25) is 10.1 Å². The van der Waals surface area contributed by atoms with Crippen LogP contribution in [-0.4, -0.2) is 23.7 Å². The minimum atomic E-state index is -0.372. The Bertz CT molecular complexity index is 947. The molecule has 1 heterocycles. The minimum absolute atomic E-state index is 0.208. The Morgan fingerprint density at radius 1 is 1.15 bits per heavy atom. The fourth-order valence-corrected chi connectivity index (χ4v) is 3.94. The molecule has 0 fully saturated rings. The van der Waals surface area contributed by atoms with Gasteiger partial charge >= 0.3 is 0 Å². The molecular formula is C22H24N2O2S. The van der Waals surface area contributed by atoms with Gasteiger partial charge in [0.1, 0.15) is 5.75 Å². The summed E-state index contributed by atoms with van der Waals surface area (Å²) in [6.45, 7) is 8.19. The predicted molar refractivity (Wildman–Crippen MR) is 114 cm³/mol. The van der Waals surface area contributed by atoms with Gasteiger partial charge in [0.15, 0.2) is 5.11 Å². The van der Waals surface area contributed by atoms with Gasteiger partial charge in [-0.25, -0.2) is 0 Å². The van der Waals surface area contributed by atoms with Crippen LogP contribution < -0.4 is 15.0 Å². The number of carbonyl (C=O) groups excluding carboxylic acids is 1. The number of hydrogen-bond acceptors (Lipinski definition) is 3. The average Bonchev–Trinajstić information content (AvgIpc) is 2.60. The summed E-state index contributed by atoms with van der Waals surface area (Å²) in [5.41, 5.74) is 4.40. The summed E-state index contributed by atoms with van der Waals surface area (Å²) in [5.74, 6) is 0.580. The van der Waals surface area contributed by atoms with E-state index in [1.165, 1.54) is 0 Å². The normalized spacial score (nSPS) is 14.9. The van der Waals surface area contributed by atoms with Crippen LogP contribution in [0.2, 0.25) is 0 Å². The predicted octanol–water partition coefficient (Wildman–Crippen LogP) is 4.72. The van der Waals surface area contributed by atoms with E-state index < -0.39 is 0 Å². The number of allylic oxidation sites excluding steroid dienone is 1. The molecule has 0 unspecified atom stereocenters. The number of anilines is 1. The fraction of sp³-hybridized carbons (Fsp3) is 0.273. The second kappa shape index (κ2) is 7.16. The van der Waals surface area contributed by atoms with E-state index in [0.29, 0.717) is 10.7 Å². The zero-order valence-electron chi connectivity index (χ0n) is 16.3. The molecule has 0 saturated heterocycles. The van der Waals surface area contributed by atoms with Crippen LogP contribution in [0.15, 0.2) is 48.5 Å². The standard InChI is InChI=1S/C22H24N2O2S/c1-14-7-6-8-16(11-14)20(25)23-21(27)24-19-10-9-17(26-5)12-18(19)15(2)13-22(24,3)4/h6-13H,1-5H3,(H,23,25,27). The van der Waals surface area contributed by atoms with Crippen molar-refractivity contribution in [3.63, 3.8) is 0 Å². The highest BCUT2D eigenvalue weighted by atomic mass is 32.1. The van der Waals surface area contributed by atoms with E-state index in [1.54, 1.807) is 13.2 Å². The summed E-state index contributed by atoms with van der Waals surface area (Å²) < 4.78 is 5.36. The zero-order chi connectivity index (χ0) is 19.8. The van der Waals surface area contributed by atoms with Gasteiger partial charge < -0.3 is 9.64 Å². The lowest BCUT2D eigenvalue weighted by Gasteiger charge is -2.43. The van der Waals surface area contributed by atoms with Crippen LogP contribution in [0.3, 0.4) is 0 Å². The van der Waals surface area contributed by atoms with Crippen molar-refractivity contribution >= 4 is 34.5 Å². The first kappa shape index (κ1) is 19.1. The second-order valence-corrected chi connectivity index (χ2v) is 7.71. The fourth-order valence-electron chi connectivity index (χ4n) is 3.52. The monoisotopic (exact) mass is 380 g/mol. The van der Waals surface area contributed by atoms with Crippen molar-refractivity contribution in [1.29, 1.82) is 0 Å².